The first-order valence-corrected chi connectivity index (χ1v) is 11.4. The number of amides is 4. The van der Waals surface area contributed by atoms with Gasteiger partial charge in [0.2, 0.25) is 23.6 Å². The van der Waals surface area contributed by atoms with Crippen LogP contribution in [0.25, 0.3) is 0 Å². The normalized spacial score (nSPS) is 14.0. The van der Waals surface area contributed by atoms with Gasteiger partial charge in [0.05, 0.1) is 12.4 Å². The van der Waals surface area contributed by atoms with Crippen LogP contribution in [0.3, 0.4) is 0 Å². The molecule has 0 radical (unpaired) electrons. The van der Waals surface area contributed by atoms with Crippen molar-refractivity contribution in [1.29, 1.82) is 0 Å². The van der Waals surface area contributed by atoms with Crippen molar-refractivity contribution in [1.82, 2.24) is 25.9 Å². The Labute approximate surface area is 212 Å². The van der Waals surface area contributed by atoms with Gasteiger partial charge in [0.25, 0.3) is 0 Å². The Balaban J connectivity index is 2.27. The quantitative estimate of drug-likeness (QED) is 0.139. The van der Waals surface area contributed by atoms with Gasteiger partial charge in [-0.15, -0.1) is 0 Å². The lowest BCUT2D eigenvalue weighted by molar-refractivity contribution is -0.142. The van der Waals surface area contributed by atoms with Gasteiger partial charge in [-0.05, 0) is 31.0 Å². The molecule has 10 N–H and O–H groups in total. The van der Waals surface area contributed by atoms with Gasteiger partial charge < -0.3 is 42.6 Å². The first kappa shape index (κ1) is 28.8. The van der Waals surface area contributed by atoms with E-state index >= 15 is 0 Å². The number of H-pyrrole nitrogens is 1. The van der Waals surface area contributed by atoms with Gasteiger partial charge in [-0.25, -0.2) is 9.78 Å². The molecule has 0 aliphatic heterocycles. The smallest absolute Gasteiger partial charge is 0.326 e. The summed E-state index contributed by atoms with van der Waals surface area (Å²) in [6, 6.07) is 1.09. The van der Waals surface area contributed by atoms with Crippen molar-refractivity contribution < 1.29 is 34.2 Å². The lowest BCUT2D eigenvalue weighted by atomic mass is 10.0. The molecule has 0 aliphatic rings. The monoisotopic (exact) mass is 517 g/mol. The number of aromatic amines is 1. The number of nitrogens with two attached hydrogens (primary N) is 2. The van der Waals surface area contributed by atoms with Crippen LogP contribution in [0.2, 0.25) is 0 Å². The zero-order valence-corrected chi connectivity index (χ0v) is 20.1. The number of rotatable bonds is 14. The molecule has 0 fully saturated rings. The number of carbonyl (C=O) groups is 5. The van der Waals surface area contributed by atoms with Crippen molar-refractivity contribution in [3.05, 3.63) is 48.0 Å². The van der Waals surface area contributed by atoms with Crippen LogP contribution in [0.1, 0.15) is 31.0 Å². The fourth-order valence-electron chi connectivity index (χ4n) is 3.29. The maximum Gasteiger partial charge on any atom is 0.326 e. The minimum absolute atomic E-state index is 0.00814. The standard InChI is InChI=1S/C23H31N7O7/c1-12(24)20(33)29-18(9-14-10-26-11-27-14)22(35)30-17(8-13-2-4-15(31)5-3-13)21(34)28-16(23(36)37)6-7-19(25)32/h2-5,10-12,16-18,31H,6-9,24H2,1H3,(H2,25,32)(H,26,27)(H,28,34)(H,29,33)(H,30,35)(H,36,37). The highest BCUT2D eigenvalue weighted by atomic mass is 16.4. The molecule has 1 aromatic carbocycles. The molecule has 1 aromatic heterocycles. The van der Waals surface area contributed by atoms with E-state index in [1.165, 1.54) is 43.7 Å². The van der Waals surface area contributed by atoms with Crippen LogP contribution in [0.5, 0.6) is 5.75 Å². The van der Waals surface area contributed by atoms with Crippen molar-refractivity contribution in [2.24, 2.45) is 11.5 Å². The van der Waals surface area contributed by atoms with Gasteiger partial charge in [-0.2, -0.15) is 0 Å². The van der Waals surface area contributed by atoms with Gasteiger partial charge in [-0.3, -0.25) is 19.2 Å². The number of phenolic OH excluding ortho intramolecular Hbond substituents is 1. The number of aliphatic carboxylic acids is 1. The van der Waals surface area contributed by atoms with Crippen molar-refractivity contribution in [3.8, 4) is 5.75 Å². The summed E-state index contributed by atoms with van der Waals surface area (Å²) in [4.78, 5) is 68.0. The molecule has 0 bridgehead atoms. The highest BCUT2D eigenvalue weighted by Crippen LogP contribution is 2.12. The molecular formula is C23H31N7O7. The first-order chi connectivity index (χ1) is 17.5. The topological polar surface area (TPSA) is 243 Å². The molecule has 4 atom stereocenters. The number of imidazole rings is 1. The van der Waals surface area contributed by atoms with Gasteiger partial charge >= 0.3 is 5.97 Å². The fourth-order valence-corrected chi connectivity index (χ4v) is 3.29. The summed E-state index contributed by atoms with van der Waals surface area (Å²) in [6.45, 7) is 1.44. The van der Waals surface area contributed by atoms with E-state index in [0.29, 0.717) is 11.3 Å². The number of phenols is 1. The van der Waals surface area contributed by atoms with Crippen LogP contribution in [0.4, 0.5) is 0 Å². The number of carbonyl (C=O) groups excluding carboxylic acids is 4. The van der Waals surface area contributed by atoms with Crippen LogP contribution in [-0.2, 0) is 36.8 Å². The number of carboxylic acid groups (broad SMARTS) is 1. The van der Waals surface area contributed by atoms with E-state index in [-0.39, 0.29) is 31.4 Å². The minimum atomic E-state index is -1.43. The van der Waals surface area contributed by atoms with E-state index in [1.807, 2.05) is 0 Å². The predicted octanol–water partition coefficient (Wildman–Crippen LogP) is -1.95. The highest BCUT2D eigenvalue weighted by molar-refractivity contribution is 5.94. The van der Waals surface area contributed by atoms with E-state index in [9.17, 15) is 34.2 Å². The van der Waals surface area contributed by atoms with Crippen LogP contribution in [0.15, 0.2) is 36.8 Å². The summed E-state index contributed by atoms with van der Waals surface area (Å²) in [5.74, 6) is -4.30. The number of benzene rings is 1. The van der Waals surface area contributed by atoms with Gasteiger partial charge in [-0.1, -0.05) is 12.1 Å². The second kappa shape index (κ2) is 13.6. The zero-order valence-electron chi connectivity index (χ0n) is 20.1. The second-order valence-corrected chi connectivity index (χ2v) is 8.47. The summed E-state index contributed by atoms with van der Waals surface area (Å²) < 4.78 is 0. The third kappa shape index (κ3) is 9.60. The summed E-state index contributed by atoms with van der Waals surface area (Å²) in [5, 5.41) is 26.4. The number of aromatic hydroxyl groups is 1. The molecule has 2 rings (SSSR count). The van der Waals surface area contributed by atoms with Crippen molar-refractivity contribution in [2.45, 2.75) is 56.8 Å². The third-order valence-corrected chi connectivity index (χ3v) is 5.33. The van der Waals surface area contributed by atoms with Crippen LogP contribution in [0, 0.1) is 0 Å². The first-order valence-electron chi connectivity index (χ1n) is 11.4. The molecule has 1 heterocycles. The Kier molecular flexibility index (Phi) is 10.6. The Morgan fingerprint density at radius 1 is 0.946 bits per heavy atom. The predicted molar refractivity (Wildman–Crippen MR) is 130 cm³/mol. The number of aromatic nitrogens is 2. The number of hydrogen-bond donors (Lipinski definition) is 8. The maximum atomic E-state index is 13.2. The van der Waals surface area contributed by atoms with Crippen molar-refractivity contribution in [3.63, 3.8) is 0 Å². The zero-order chi connectivity index (χ0) is 27.5. The van der Waals surface area contributed by atoms with E-state index < -0.39 is 53.8 Å². The van der Waals surface area contributed by atoms with E-state index in [1.54, 1.807) is 0 Å². The van der Waals surface area contributed by atoms with Crippen molar-refractivity contribution >= 4 is 29.6 Å². The summed E-state index contributed by atoms with van der Waals surface area (Å²) >= 11 is 0. The number of carboxylic acids is 1. The molecule has 14 heteroatoms. The number of hydrogen-bond acceptors (Lipinski definition) is 8. The Morgan fingerprint density at radius 3 is 2.03 bits per heavy atom. The van der Waals surface area contributed by atoms with Gasteiger partial charge in [0, 0.05) is 31.2 Å². The molecule has 0 spiro atoms. The molecule has 37 heavy (non-hydrogen) atoms. The van der Waals surface area contributed by atoms with Gasteiger partial charge in [0.15, 0.2) is 0 Å². The molecule has 4 unspecified atom stereocenters. The summed E-state index contributed by atoms with van der Waals surface area (Å²) in [6.07, 6.45) is 2.28. The Morgan fingerprint density at radius 2 is 1.51 bits per heavy atom. The van der Waals surface area contributed by atoms with Crippen molar-refractivity contribution in [2.75, 3.05) is 0 Å². The molecular weight excluding hydrogens is 486 g/mol. The largest absolute Gasteiger partial charge is 0.508 e. The number of primary amides is 1. The molecule has 200 valence electrons. The molecule has 2 aromatic rings. The third-order valence-electron chi connectivity index (χ3n) is 5.33. The van der Waals surface area contributed by atoms with E-state index in [0.717, 1.165) is 0 Å². The van der Waals surface area contributed by atoms with Crippen LogP contribution >= 0.6 is 0 Å². The lowest BCUT2D eigenvalue weighted by Crippen LogP contribution is -2.58. The van der Waals surface area contributed by atoms with Crippen LogP contribution < -0.4 is 27.4 Å². The molecule has 0 saturated heterocycles. The fraction of sp³-hybridized carbons (Fsp3) is 0.391. The minimum Gasteiger partial charge on any atom is -0.508 e. The maximum absolute atomic E-state index is 13.2. The highest BCUT2D eigenvalue weighted by Gasteiger charge is 2.30. The lowest BCUT2D eigenvalue weighted by Gasteiger charge is -2.25. The molecule has 14 nitrogen and oxygen atoms in total. The molecule has 4 amide bonds. The van der Waals surface area contributed by atoms with E-state index in [4.69, 9.17) is 11.5 Å². The molecule has 0 aliphatic carbocycles. The summed E-state index contributed by atoms with van der Waals surface area (Å²) in [5.41, 5.74) is 11.8. The molecule has 0 saturated carbocycles. The van der Waals surface area contributed by atoms with Gasteiger partial charge in [0.1, 0.15) is 23.9 Å². The number of nitrogens with zero attached hydrogens (tertiary/aromatic N) is 1. The van der Waals surface area contributed by atoms with Crippen LogP contribution in [-0.4, -0.2) is 73.9 Å². The average Bonchev–Trinajstić information content (AvgIpc) is 3.34. The summed E-state index contributed by atoms with van der Waals surface area (Å²) in [7, 11) is 0. The Bertz CT molecular complexity index is 1090. The Hall–Kier alpha value is -4.46. The second-order valence-electron chi connectivity index (χ2n) is 8.47. The SMILES string of the molecule is CC(N)C(=O)NC(Cc1cnc[nH]1)C(=O)NC(Cc1ccc(O)cc1)C(=O)NC(CCC(N)=O)C(=O)O. The average molecular weight is 518 g/mol. The number of nitrogens with one attached hydrogen (secondary N) is 4. The van der Waals surface area contributed by atoms with E-state index in [2.05, 4.69) is 25.9 Å².